The molecule has 1 aromatic heterocycles. The van der Waals surface area contributed by atoms with Crippen molar-refractivity contribution < 1.29 is 0 Å². The summed E-state index contributed by atoms with van der Waals surface area (Å²) in [5.74, 6) is 0. The van der Waals surface area contributed by atoms with E-state index in [9.17, 15) is 0 Å². The van der Waals surface area contributed by atoms with Gasteiger partial charge in [-0.2, -0.15) is 0 Å². The van der Waals surface area contributed by atoms with Crippen LogP contribution >= 0.6 is 54.8 Å². The first kappa shape index (κ1) is 13.6. The molecule has 0 bridgehead atoms. The lowest BCUT2D eigenvalue weighted by molar-refractivity contribution is 1.19. The standard InChI is InChI=1S/C13H11Br2ClS/c1-7-5-8(2)17-13(7)12(15)10-6-9(14)3-4-11(10)16/h3-6,12H,1-2H3. The molecule has 1 atom stereocenters. The monoisotopic (exact) mass is 392 g/mol. The molecule has 1 unspecified atom stereocenters. The van der Waals surface area contributed by atoms with Crippen LogP contribution in [0.1, 0.15) is 25.7 Å². The molecule has 0 nitrogen and oxygen atoms in total. The first-order valence-corrected chi connectivity index (χ1v) is 8.05. The van der Waals surface area contributed by atoms with E-state index in [1.807, 2.05) is 23.5 Å². The average Bonchev–Trinajstić information content (AvgIpc) is 2.60. The van der Waals surface area contributed by atoms with Gasteiger partial charge in [-0.15, -0.1) is 11.3 Å². The molecular weight excluding hydrogens is 383 g/mol. The van der Waals surface area contributed by atoms with Crippen molar-refractivity contribution >= 4 is 54.8 Å². The highest BCUT2D eigenvalue weighted by Crippen LogP contribution is 2.41. The molecule has 0 saturated carbocycles. The van der Waals surface area contributed by atoms with E-state index in [-0.39, 0.29) is 4.83 Å². The van der Waals surface area contributed by atoms with Gasteiger partial charge in [-0.25, -0.2) is 0 Å². The zero-order chi connectivity index (χ0) is 12.6. The minimum Gasteiger partial charge on any atom is -0.144 e. The number of hydrogen-bond acceptors (Lipinski definition) is 1. The Morgan fingerprint density at radius 3 is 2.53 bits per heavy atom. The zero-order valence-corrected chi connectivity index (χ0v) is 14.2. The van der Waals surface area contributed by atoms with Gasteiger partial charge in [0, 0.05) is 19.2 Å². The van der Waals surface area contributed by atoms with Crippen molar-refractivity contribution in [3.8, 4) is 0 Å². The molecular formula is C13H11Br2ClS. The fourth-order valence-corrected chi connectivity index (χ4v) is 4.55. The molecule has 2 aromatic rings. The number of hydrogen-bond donors (Lipinski definition) is 0. The van der Waals surface area contributed by atoms with E-state index < -0.39 is 0 Å². The molecule has 1 heterocycles. The fraction of sp³-hybridized carbons (Fsp3) is 0.231. The van der Waals surface area contributed by atoms with E-state index in [1.54, 1.807) is 0 Å². The Kier molecular flexibility index (Phi) is 4.35. The van der Waals surface area contributed by atoms with E-state index in [4.69, 9.17) is 11.6 Å². The molecule has 0 aliphatic carbocycles. The fourth-order valence-electron chi connectivity index (χ4n) is 1.76. The van der Waals surface area contributed by atoms with Crippen LogP contribution in [-0.2, 0) is 0 Å². The molecule has 4 heteroatoms. The number of thiophene rings is 1. The van der Waals surface area contributed by atoms with Crippen LogP contribution in [0.25, 0.3) is 0 Å². The van der Waals surface area contributed by atoms with Crippen LogP contribution < -0.4 is 0 Å². The zero-order valence-electron chi connectivity index (χ0n) is 9.43. The van der Waals surface area contributed by atoms with Crippen LogP contribution in [0.2, 0.25) is 5.02 Å². The van der Waals surface area contributed by atoms with Crippen LogP contribution in [0, 0.1) is 13.8 Å². The second-order valence-corrected chi connectivity index (χ2v) is 7.46. The summed E-state index contributed by atoms with van der Waals surface area (Å²) in [5.41, 5.74) is 2.41. The molecule has 0 aliphatic rings. The lowest BCUT2D eigenvalue weighted by Gasteiger charge is -2.12. The lowest BCUT2D eigenvalue weighted by Crippen LogP contribution is -1.93. The predicted octanol–water partition coefficient (Wildman–Crippen LogP) is 6.27. The molecule has 0 saturated heterocycles. The molecule has 0 aliphatic heterocycles. The molecule has 1 aromatic carbocycles. The van der Waals surface area contributed by atoms with Gasteiger partial charge < -0.3 is 0 Å². The van der Waals surface area contributed by atoms with E-state index in [1.165, 1.54) is 15.3 Å². The molecule has 0 spiro atoms. The topological polar surface area (TPSA) is 0 Å². The maximum absolute atomic E-state index is 6.25. The largest absolute Gasteiger partial charge is 0.144 e. The molecule has 2 rings (SSSR count). The molecule has 90 valence electrons. The van der Waals surface area contributed by atoms with Gasteiger partial charge in [0.25, 0.3) is 0 Å². The molecule has 0 fully saturated rings. The third-order valence-corrected chi connectivity index (χ3v) is 5.85. The van der Waals surface area contributed by atoms with Gasteiger partial charge in [0.1, 0.15) is 0 Å². The molecule has 17 heavy (non-hydrogen) atoms. The number of aryl methyl sites for hydroxylation is 2. The van der Waals surface area contributed by atoms with Crippen molar-refractivity contribution in [3.63, 3.8) is 0 Å². The maximum Gasteiger partial charge on any atom is 0.0755 e. The van der Waals surface area contributed by atoms with Gasteiger partial charge in [0.15, 0.2) is 0 Å². The van der Waals surface area contributed by atoms with Gasteiger partial charge in [-0.3, -0.25) is 0 Å². The van der Waals surface area contributed by atoms with Gasteiger partial charge in [0.2, 0.25) is 0 Å². The van der Waals surface area contributed by atoms with Crippen molar-refractivity contribution in [2.24, 2.45) is 0 Å². The number of rotatable bonds is 2. The van der Waals surface area contributed by atoms with Gasteiger partial charge in [-0.05, 0) is 49.2 Å². The van der Waals surface area contributed by atoms with Crippen molar-refractivity contribution in [2.75, 3.05) is 0 Å². The van der Waals surface area contributed by atoms with Crippen molar-refractivity contribution in [2.45, 2.75) is 18.7 Å². The van der Waals surface area contributed by atoms with Crippen molar-refractivity contribution in [1.82, 2.24) is 0 Å². The van der Waals surface area contributed by atoms with Crippen molar-refractivity contribution in [3.05, 3.63) is 54.6 Å². The highest BCUT2D eigenvalue weighted by molar-refractivity contribution is 9.10. The molecule has 0 N–H and O–H groups in total. The third-order valence-electron chi connectivity index (χ3n) is 2.54. The van der Waals surface area contributed by atoms with E-state index in [0.717, 1.165) is 15.1 Å². The van der Waals surface area contributed by atoms with Gasteiger partial charge in [-0.1, -0.05) is 43.5 Å². The van der Waals surface area contributed by atoms with E-state index in [0.29, 0.717) is 0 Å². The van der Waals surface area contributed by atoms with Crippen LogP contribution in [0.15, 0.2) is 28.7 Å². The number of benzene rings is 1. The Labute approximate surface area is 127 Å². The second kappa shape index (κ2) is 5.43. The minimum absolute atomic E-state index is 0.159. The van der Waals surface area contributed by atoms with Gasteiger partial charge >= 0.3 is 0 Å². The van der Waals surface area contributed by atoms with Gasteiger partial charge in [0.05, 0.1) is 4.83 Å². The Morgan fingerprint density at radius 2 is 1.94 bits per heavy atom. The summed E-state index contributed by atoms with van der Waals surface area (Å²) >= 11 is 15.3. The molecule has 0 radical (unpaired) electrons. The summed E-state index contributed by atoms with van der Waals surface area (Å²) in [6.07, 6.45) is 0. The first-order chi connectivity index (χ1) is 7.99. The highest BCUT2D eigenvalue weighted by Gasteiger charge is 2.18. The Bertz CT molecular complexity index is 548. The predicted molar refractivity (Wildman–Crippen MR) is 83.7 cm³/mol. The smallest absolute Gasteiger partial charge is 0.0755 e. The highest BCUT2D eigenvalue weighted by atomic mass is 79.9. The van der Waals surface area contributed by atoms with Crippen LogP contribution in [0.3, 0.4) is 0 Å². The van der Waals surface area contributed by atoms with Crippen molar-refractivity contribution in [1.29, 1.82) is 0 Å². The average molecular weight is 395 g/mol. The van der Waals surface area contributed by atoms with E-state index in [2.05, 4.69) is 57.8 Å². The Hall–Kier alpha value is 0.170. The second-order valence-electron chi connectivity index (χ2n) is 3.93. The quantitative estimate of drug-likeness (QED) is 0.527. The summed E-state index contributed by atoms with van der Waals surface area (Å²) in [5, 5.41) is 0.792. The third kappa shape index (κ3) is 2.95. The lowest BCUT2D eigenvalue weighted by atomic mass is 10.1. The normalized spacial score (nSPS) is 12.8. The Balaban J connectivity index is 2.46. The van der Waals surface area contributed by atoms with Crippen LogP contribution in [0.5, 0.6) is 0 Å². The van der Waals surface area contributed by atoms with E-state index >= 15 is 0 Å². The number of halogens is 3. The first-order valence-electron chi connectivity index (χ1n) is 5.15. The van der Waals surface area contributed by atoms with Crippen LogP contribution in [0.4, 0.5) is 0 Å². The summed E-state index contributed by atoms with van der Waals surface area (Å²) in [6, 6.07) is 8.15. The maximum atomic E-state index is 6.25. The SMILES string of the molecule is Cc1cc(C)c(C(Br)c2cc(Br)ccc2Cl)s1. The Morgan fingerprint density at radius 1 is 1.24 bits per heavy atom. The number of alkyl halides is 1. The minimum atomic E-state index is 0.159. The van der Waals surface area contributed by atoms with Crippen LogP contribution in [-0.4, -0.2) is 0 Å². The molecule has 0 amide bonds. The summed E-state index contributed by atoms with van der Waals surface area (Å²) < 4.78 is 1.05. The summed E-state index contributed by atoms with van der Waals surface area (Å²) in [6.45, 7) is 4.27. The summed E-state index contributed by atoms with van der Waals surface area (Å²) in [7, 11) is 0. The summed E-state index contributed by atoms with van der Waals surface area (Å²) in [4.78, 5) is 2.81.